The highest BCUT2D eigenvalue weighted by Crippen LogP contribution is 2.18. The molecule has 0 amide bonds. The minimum Gasteiger partial charge on any atom is -0.545 e. The number of carboxylic acid groups (broad SMARTS) is 1. The van der Waals surface area contributed by atoms with E-state index in [1.54, 1.807) is 36.4 Å². The smallest absolute Gasteiger partial charge is 0.251 e. The topological polar surface area (TPSA) is 62.1 Å². The number of aromatic carboxylic acids is 1. The lowest BCUT2D eigenvalue weighted by Gasteiger charge is -2.14. The van der Waals surface area contributed by atoms with Crippen LogP contribution < -0.4 is 10.7 Å². The normalized spacial score (nSPS) is 10.8. The number of para-hydroxylation sites is 1. The van der Waals surface area contributed by atoms with E-state index >= 15 is 0 Å². The second-order valence-corrected chi connectivity index (χ2v) is 5.35. The van der Waals surface area contributed by atoms with E-state index in [1.165, 1.54) is 4.57 Å². The lowest BCUT2D eigenvalue weighted by atomic mass is 10.1. The van der Waals surface area contributed by atoms with Crippen molar-refractivity contribution in [3.05, 3.63) is 81.1 Å². The van der Waals surface area contributed by atoms with E-state index in [-0.39, 0.29) is 11.1 Å². The average Bonchev–Trinajstić information content (AvgIpc) is 2.51. The van der Waals surface area contributed by atoms with Gasteiger partial charge in [0.2, 0.25) is 0 Å². The Morgan fingerprint density at radius 2 is 1.77 bits per heavy atom. The van der Waals surface area contributed by atoms with Crippen LogP contribution in [-0.4, -0.2) is 10.5 Å². The molecular formula is C17H11ClNO3-. The molecule has 5 heteroatoms. The summed E-state index contributed by atoms with van der Waals surface area (Å²) in [6.07, 6.45) is 0. The number of aromatic nitrogens is 1. The molecule has 0 saturated heterocycles. The second kappa shape index (κ2) is 5.66. The number of nitrogens with zero attached hydrogens (tertiary/aromatic N) is 1. The van der Waals surface area contributed by atoms with Gasteiger partial charge in [-0.2, -0.15) is 0 Å². The van der Waals surface area contributed by atoms with Crippen molar-refractivity contribution in [3.8, 4) is 0 Å². The predicted octanol–water partition coefficient (Wildman–Crippen LogP) is 2.07. The van der Waals surface area contributed by atoms with Crippen LogP contribution in [0.5, 0.6) is 0 Å². The van der Waals surface area contributed by atoms with E-state index in [1.807, 2.05) is 12.1 Å². The molecular weight excluding hydrogens is 302 g/mol. The first-order chi connectivity index (χ1) is 10.6. The van der Waals surface area contributed by atoms with Crippen LogP contribution in [0.2, 0.25) is 5.02 Å². The number of fused-ring (bicyclic) bond motifs is 1. The molecule has 0 aliphatic carbocycles. The van der Waals surface area contributed by atoms with E-state index in [0.717, 1.165) is 11.6 Å². The Kier molecular flexibility index (Phi) is 3.69. The Hall–Kier alpha value is -2.59. The summed E-state index contributed by atoms with van der Waals surface area (Å²) in [6.45, 7) is 0.337. The van der Waals surface area contributed by atoms with Gasteiger partial charge in [0, 0.05) is 22.0 Å². The van der Waals surface area contributed by atoms with Gasteiger partial charge in [-0.05, 0) is 23.8 Å². The van der Waals surface area contributed by atoms with E-state index in [0.29, 0.717) is 22.5 Å². The van der Waals surface area contributed by atoms with Crippen molar-refractivity contribution in [2.45, 2.75) is 6.54 Å². The zero-order valence-electron chi connectivity index (χ0n) is 11.5. The van der Waals surface area contributed by atoms with Crippen LogP contribution in [0.4, 0.5) is 0 Å². The SMILES string of the molecule is O=C([O-])c1cc(=O)n(Cc2ccc(Cl)cc2)c2ccccc12. The van der Waals surface area contributed by atoms with Crippen molar-refractivity contribution in [2.24, 2.45) is 0 Å². The molecule has 4 nitrogen and oxygen atoms in total. The minimum absolute atomic E-state index is 0.0899. The van der Waals surface area contributed by atoms with E-state index in [9.17, 15) is 14.7 Å². The fourth-order valence-electron chi connectivity index (χ4n) is 2.44. The summed E-state index contributed by atoms with van der Waals surface area (Å²) in [7, 11) is 0. The summed E-state index contributed by atoms with van der Waals surface area (Å²) in [6, 6.07) is 15.1. The maximum atomic E-state index is 12.3. The highest BCUT2D eigenvalue weighted by atomic mass is 35.5. The molecule has 1 aromatic heterocycles. The lowest BCUT2D eigenvalue weighted by molar-refractivity contribution is -0.254. The maximum absolute atomic E-state index is 12.3. The molecule has 0 fully saturated rings. The first kappa shape index (κ1) is 14.4. The molecule has 0 aliphatic heterocycles. The van der Waals surface area contributed by atoms with Gasteiger partial charge in [0.05, 0.1) is 18.0 Å². The average molecular weight is 313 g/mol. The minimum atomic E-state index is -1.35. The Morgan fingerprint density at radius 1 is 1.09 bits per heavy atom. The number of hydrogen-bond acceptors (Lipinski definition) is 3. The van der Waals surface area contributed by atoms with E-state index in [2.05, 4.69) is 0 Å². The largest absolute Gasteiger partial charge is 0.545 e. The summed E-state index contributed by atoms with van der Waals surface area (Å²) in [5.74, 6) is -1.35. The quantitative estimate of drug-likeness (QED) is 0.744. The number of halogens is 1. The monoisotopic (exact) mass is 312 g/mol. The third-order valence-corrected chi connectivity index (χ3v) is 3.74. The second-order valence-electron chi connectivity index (χ2n) is 4.91. The van der Waals surface area contributed by atoms with Crippen molar-refractivity contribution in [1.82, 2.24) is 4.57 Å². The Bertz CT molecular complexity index is 913. The molecule has 3 rings (SSSR count). The molecule has 22 heavy (non-hydrogen) atoms. The van der Waals surface area contributed by atoms with Crippen molar-refractivity contribution < 1.29 is 9.90 Å². The van der Waals surface area contributed by atoms with Gasteiger partial charge >= 0.3 is 0 Å². The van der Waals surface area contributed by atoms with Crippen LogP contribution >= 0.6 is 11.6 Å². The Balaban J connectivity index is 2.20. The van der Waals surface area contributed by atoms with Gasteiger partial charge < -0.3 is 14.5 Å². The van der Waals surface area contributed by atoms with Crippen molar-refractivity contribution >= 4 is 28.5 Å². The zero-order chi connectivity index (χ0) is 15.7. The third-order valence-electron chi connectivity index (χ3n) is 3.49. The Labute approximate surface area is 131 Å². The third kappa shape index (κ3) is 2.61. The number of benzene rings is 2. The van der Waals surface area contributed by atoms with Crippen LogP contribution in [0.3, 0.4) is 0 Å². The number of hydrogen-bond donors (Lipinski definition) is 0. The van der Waals surface area contributed by atoms with Gasteiger partial charge in [-0.15, -0.1) is 0 Å². The molecule has 0 bridgehead atoms. The Morgan fingerprint density at radius 3 is 2.45 bits per heavy atom. The number of carboxylic acids is 1. The molecule has 0 aliphatic rings. The van der Waals surface area contributed by atoms with Gasteiger partial charge in [-0.25, -0.2) is 0 Å². The van der Waals surface area contributed by atoms with E-state index < -0.39 is 5.97 Å². The number of carbonyl (C=O) groups is 1. The fourth-order valence-corrected chi connectivity index (χ4v) is 2.56. The number of carbonyl (C=O) groups excluding carboxylic acids is 1. The van der Waals surface area contributed by atoms with Crippen LogP contribution in [-0.2, 0) is 6.54 Å². The summed E-state index contributed by atoms with van der Waals surface area (Å²) in [4.78, 5) is 23.5. The van der Waals surface area contributed by atoms with Gasteiger partial charge in [0.25, 0.3) is 5.56 Å². The number of rotatable bonds is 3. The molecule has 110 valence electrons. The van der Waals surface area contributed by atoms with Gasteiger partial charge in [0.15, 0.2) is 0 Å². The molecule has 0 spiro atoms. The molecule has 0 unspecified atom stereocenters. The van der Waals surface area contributed by atoms with Crippen LogP contribution in [0, 0.1) is 0 Å². The first-order valence-corrected chi connectivity index (χ1v) is 7.02. The summed E-state index contributed by atoms with van der Waals surface area (Å²) < 4.78 is 1.53. The van der Waals surface area contributed by atoms with Crippen LogP contribution in [0.25, 0.3) is 10.9 Å². The van der Waals surface area contributed by atoms with Crippen LogP contribution in [0.15, 0.2) is 59.4 Å². The molecule has 2 aromatic carbocycles. The predicted molar refractivity (Wildman–Crippen MR) is 83.1 cm³/mol. The molecule has 0 N–H and O–H groups in total. The van der Waals surface area contributed by atoms with Gasteiger partial charge in [-0.1, -0.05) is 41.9 Å². The van der Waals surface area contributed by atoms with Crippen molar-refractivity contribution in [2.75, 3.05) is 0 Å². The van der Waals surface area contributed by atoms with Crippen molar-refractivity contribution in [3.63, 3.8) is 0 Å². The molecule has 3 aromatic rings. The summed E-state index contributed by atoms with van der Waals surface area (Å²) >= 11 is 5.86. The first-order valence-electron chi connectivity index (χ1n) is 6.64. The lowest BCUT2D eigenvalue weighted by Crippen LogP contribution is -2.28. The van der Waals surface area contributed by atoms with Crippen molar-refractivity contribution in [1.29, 1.82) is 0 Å². The highest BCUT2D eigenvalue weighted by Gasteiger charge is 2.09. The number of pyridine rings is 1. The molecule has 0 radical (unpaired) electrons. The maximum Gasteiger partial charge on any atom is 0.251 e. The molecule has 1 heterocycles. The van der Waals surface area contributed by atoms with Crippen LogP contribution in [0.1, 0.15) is 15.9 Å². The highest BCUT2D eigenvalue weighted by molar-refractivity contribution is 6.30. The van der Waals surface area contributed by atoms with Gasteiger partial charge in [-0.3, -0.25) is 4.79 Å². The van der Waals surface area contributed by atoms with Gasteiger partial charge in [0.1, 0.15) is 0 Å². The standard InChI is InChI=1S/C17H12ClNO3/c18-12-7-5-11(6-8-12)10-19-15-4-2-1-3-13(15)14(17(21)22)9-16(19)20/h1-9H,10H2,(H,21,22)/p-1. The molecule has 0 saturated carbocycles. The zero-order valence-corrected chi connectivity index (χ0v) is 12.2. The fraction of sp³-hybridized carbons (Fsp3) is 0.0588. The molecule has 0 atom stereocenters. The summed E-state index contributed by atoms with van der Waals surface area (Å²) in [5.41, 5.74) is 0.989. The van der Waals surface area contributed by atoms with E-state index in [4.69, 9.17) is 11.6 Å². The summed E-state index contributed by atoms with van der Waals surface area (Å²) in [5, 5.41) is 12.3.